The van der Waals surface area contributed by atoms with E-state index < -0.39 is 0 Å². The number of aryl methyl sites for hydroxylation is 2. The van der Waals surface area contributed by atoms with Gasteiger partial charge in [0.15, 0.2) is 6.61 Å². The smallest absolute Gasteiger partial charge is 0.277 e. The van der Waals surface area contributed by atoms with Gasteiger partial charge >= 0.3 is 0 Å². The summed E-state index contributed by atoms with van der Waals surface area (Å²) in [4.78, 5) is 11.9. The summed E-state index contributed by atoms with van der Waals surface area (Å²) < 4.78 is 11.3. The van der Waals surface area contributed by atoms with E-state index in [1.54, 1.807) is 0 Å². The topological polar surface area (TPSA) is 77.2 Å². The summed E-state index contributed by atoms with van der Waals surface area (Å²) in [5.74, 6) is 1.21. The van der Waals surface area contributed by atoms with Crippen LogP contribution in [-0.2, 0) is 11.4 Å². The minimum Gasteiger partial charge on any atom is -0.484 e. The van der Waals surface area contributed by atoms with Crippen LogP contribution in [0.4, 0.5) is 0 Å². The molecule has 6 nitrogen and oxygen atoms in total. The Labute approximate surface area is 145 Å². The van der Waals surface area contributed by atoms with Crippen LogP contribution in [0.15, 0.2) is 27.8 Å². The van der Waals surface area contributed by atoms with Crippen LogP contribution in [0.25, 0.3) is 0 Å². The summed E-state index contributed by atoms with van der Waals surface area (Å²) in [6, 6.07) is 6.38. The number of thioether (sulfide) groups is 1. The fourth-order valence-electron chi connectivity index (χ4n) is 2.10. The molecule has 1 aromatic carbocycles. The number of aromatic nitrogens is 2. The zero-order chi connectivity index (χ0) is 17.1. The predicted molar refractivity (Wildman–Crippen MR) is 91.0 cm³/mol. The first-order valence-electron chi connectivity index (χ1n) is 8.00. The average Bonchev–Trinajstić information content (AvgIpc) is 3.25. The number of hydrogen-bond acceptors (Lipinski definition) is 6. The van der Waals surface area contributed by atoms with E-state index in [0.29, 0.717) is 17.2 Å². The quantitative estimate of drug-likeness (QED) is 0.776. The number of amides is 1. The zero-order valence-electron chi connectivity index (χ0n) is 14.0. The Kier molecular flexibility index (Phi) is 5.08. The van der Waals surface area contributed by atoms with Crippen LogP contribution in [0.3, 0.4) is 0 Å². The highest BCUT2D eigenvalue weighted by Crippen LogP contribution is 2.25. The Morgan fingerprint density at radius 3 is 2.96 bits per heavy atom. The standard InChI is InChI=1S/C17H21N3O3S/c1-10-4-5-11(2)14(8-10)22-9-15-19-20-17(23-15)24-12(3)16(21)18-13-6-7-13/h4-5,8,12-13H,6-7,9H2,1-3H3,(H,18,21). The molecule has 1 amide bonds. The zero-order valence-corrected chi connectivity index (χ0v) is 14.9. The molecule has 1 aliphatic rings. The molecule has 0 aliphatic heterocycles. The second-order valence-corrected chi connectivity index (χ2v) is 7.35. The number of nitrogens with zero attached hydrogens (tertiary/aromatic N) is 2. The maximum atomic E-state index is 11.9. The molecule has 24 heavy (non-hydrogen) atoms. The van der Waals surface area contributed by atoms with Crippen LogP contribution >= 0.6 is 11.8 Å². The average molecular weight is 347 g/mol. The first-order valence-corrected chi connectivity index (χ1v) is 8.88. The van der Waals surface area contributed by atoms with Crippen molar-refractivity contribution in [1.29, 1.82) is 0 Å². The van der Waals surface area contributed by atoms with Gasteiger partial charge in [-0.2, -0.15) is 0 Å². The highest BCUT2D eigenvalue weighted by molar-refractivity contribution is 8.00. The van der Waals surface area contributed by atoms with Crippen LogP contribution < -0.4 is 10.1 Å². The SMILES string of the molecule is Cc1ccc(C)c(OCc2nnc(SC(C)C(=O)NC3CC3)o2)c1. The summed E-state index contributed by atoms with van der Waals surface area (Å²) in [6.45, 7) is 6.05. The first kappa shape index (κ1) is 16.8. The fraction of sp³-hybridized carbons (Fsp3) is 0.471. The Hall–Kier alpha value is -2.02. The molecule has 7 heteroatoms. The van der Waals surface area contributed by atoms with E-state index in [1.807, 2.05) is 39.0 Å². The molecule has 2 aromatic rings. The minimum atomic E-state index is -0.265. The highest BCUT2D eigenvalue weighted by atomic mass is 32.2. The van der Waals surface area contributed by atoms with Crippen molar-refractivity contribution in [3.05, 3.63) is 35.2 Å². The van der Waals surface area contributed by atoms with Crippen molar-refractivity contribution in [2.24, 2.45) is 0 Å². The maximum Gasteiger partial charge on any atom is 0.277 e. The van der Waals surface area contributed by atoms with Crippen LogP contribution in [0.1, 0.15) is 36.8 Å². The van der Waals surface area contributed by atoms with Crippen molar-refractivity contribution in [1.82, 2.24) is 15.5 Å². The lowest BCUT2D eigenvalue weighted by Crippen LogP contribution is -2.32. The largest absolute Gasteiger partial charge is 0.484 e. The number of benzene rings is 1. The second kappa shape index (κ2) is 7.25. The van der Waals surface area contributed by atoms with Crippen LogP contribution in [0.2, 0.25) is 0 Å². The van der Waals surface area contributed by atoms with Crippen molar-refractivity contribution in [3.63, 3.8) is 0 Å². The van der Waals surface area contributed by atoms with Crippen LogP contribution in [0, 0.1) is 13.8 Å². The number of rotatable bonds is 7. The van der Waals surface area contributed by atoms with E-state index in [0.717, 1.165) is 29.7 Å². The number of hydrogen-bond donors (Lipinski definition) is 1. The minimum absolute atomic E-state index is 0.00823. The Balaban J connectivity index is 1.53. The molecule has 0 saturated heterocycles. The molecule has 1 unspecified atom stereocenters. The lowest BCUT2D eigenvalue weighted by atomic mass is 10.1. The van der Waals surface area contributed by atoms with Crippen molar-refractivity contribution >= 4 is 17.7 Å². The van der Waals surface area contributed by atoms with Crippen molar-refractivity contribution in [3.8, 4) is 5.75 Å². The van der Waals surface area contributed by atoms with Gasteiger partial charge in [-0.05, 0) is 50.8 Å². The van der Waals surface area contributed by atoms with Gasteiger partial charge in [-0.3, -0.25) is 4.79 Å². The molecule has 0 radical (unpaired) electrons. The van der Waals surface area contributed by atoms with Gasteiger partial charge in [0.25, 0.3) is 11.1 Å². The molecular weight excluding hydrogens is 326 g/mol. The van der Waals surface area contributed by atoms with Gasteiger partial charge in [-0.25, -0.2) is 0 Å². The van der Waals surface area contributed by atoms with Gasteiger partial charge in [0.2, 0.25) is 5.91 Å². The Morgan fingerprint density at radius 2 is 2.21 bits per heavy atom. The van der Waals surface area contributed by atoms with E-state index in [9.17, 15) is 4.79 Å². The number of carbonyl (C=O) groups is 1. The van der Waals surface area contributed by atoms with E-state index in [1.165, 1.54) is 11.8 Å². The number of carbonyl (C=O) groups excluding carboxylic acids is 1. The normalized spacial score (nSPS) is 15.1. The first-order chi connectivity index (χ1) is 11.5. The van der Waals surface area contributed by atoms with E-state index in [2.05, 4.69) is 15.5 Å². The van der Waals surface area contributed by atoms with Gasteiger partial charge in [0.05, 0.1) is 5.25 Å². The third-order valence-electron chi connectivity index (χ3n) is 3.71. The van der Waals surface area contributed by atoms with Crippen molar-refractivity contribution in [2.45, 2.75) is 56.7 Å². The summed E-state index contributed by atoms with van der Waals surface area (Å²) in [6.07, 6.45) is 2.15. The predicted octanol–water partition coefficient (Wildman–Crippen LogP) is 3.02. The van der Waals surface area contributed by atoms with Crippen LogP contribution in [0.5, 0.6) is 5.75 Å². The molecule has 1 saturated carbocycles. The molecule has 1 aromatic heterocycles. The summed E-state index contributed by atoms with van der Waals surface area (Å²) in [7, 11) is 0. The summed E-state index contributed by atoms with van der Waals surface area (Å²) >= 11 is 1.26. The third kappa shape index (κ3) is 4.50. The number of nitrogens with one attached hydrogen (secondary N) is 1. The fourth-order valence-corrected chi connectivity index (χ4v) is 2.81. The molecule has 1 atom stereocenters. The Bertz CT molecular complexity index is 728. The molecule has 128 valence electrons. The molecule has 0 spiro atoms. The van der Waals surface area contributed by atoms with Gasteiger partial charge in [0, 0.05) is 6.04 Å². The van der Waals surface area contributed by atoms with Crippen molar-refractivity contribution < 1.29 is 13.9 Å². The lowest BCUT2D eigenvalue weighted by Gasteiger charge is -2.08. The Morgan fingerprint density at radius 1 is 1.42 bits per heavy atom. The van der Waals surface area contributed by atoms with E-state index in [4.69, 9.17) is 9.15 Å². The summed E-state index contributed by atoms with van der Waals surface area (Å²) in [5, 5.41) is 11.0. The molecular formula is C17H21N3O3S. The molecule has 1 N–H and O–H groups in total. The van der Waals surface area contributed by atoms with Gasteiger partial charge in [0.1, 0.15) is 5.75 Å². The van der Waals surface area contributed by atoms with Gasteiger partial charge in [-0.15, -0.1) is 10.2 Å². The maximum absolute atomic E-state index is 11.9. The van der Waals surface area contributed by atoms with Crippen LogP contribution in [-0.4, -0.2) is 27.4 Å². The molecule has 1 fully saturated rings. The second-order valence-electron chi connectivity index (χ2n) is 6.06. The van der Waals surface area contributed by atoms with E-state index in [-0.39, 0.29) is 17.8 Å². The van der Waals surface area contributed by atoms with Gasteiger partial charge < -0.3 is 14.5 Å². The number of ether oxygens (including phenoxy) is 1. The van der Waals surface area contributed by atoms with Gasteiger partial charge in [-0.1, -0.05) is 23.9 Å². The summed E-state index contributed by atoms with van der Waals surface area (Å²) in [5.41, 5.74) is 2.19. The lowest BCUT2D eigenvalue weighted by molar-refractivity contribution is -0.120. The molecule has 0 bridgehead atoms. The molecule has 3 rings (SSSR count). The van der Waals surface area contributed by atoms with E-state index >= 15 is 0 Å². The monoisotopic (exact) mass is 347 g/mol. The third-order valence-corrected chi connectivity index (χ3v) is 4.65. The highest BCUT2D eigenvalue weighted by Gasteiger charge is 2.26. The molecule has 1 heterocycles. The van der Waals surface area contributed by atoms with Crippen molar-refractivity contribution in [2.75, 3.05) is 0 Å². The molecule has 1 aliphatic carbocycles.